The van der Waals surface area contributed by atoms with Gasteiger partial charge in [-0.1, -0.05) is 6.92 Å². The van der Waals surface area contributed by atoms with E-state index in [2.05, 4.69) is 45.4 Å². The van der Waals surface area contributed by atoms with Crippen LogP contribution in [-0.4, -0.2) is 9.78 Å². The van der Waals surface area contributed by atoms with E-state index in [1.54, 1.807) is 11.3 Å². The highest BCUT2D eigenvalue weighted by Crippen LogP contribution is 2.22. The maximum atomic E-state index is 4.27. The van der Waals surface area contributed by atoms with E-state index in [1.807, 2.05) is 17.1 Å². The van der Waals surface area contributed by atoms with Crippen LogP contribution in [0.4, 0.5) is 5.69 Å². The van der Waals surface area contributed by atoms with Crippen LogP contribution in [0.25, 0.3) is 0 Å². The SMILES string of the molecule is CCCn1cc(NCc2ccc(Br)s2)cn1. The number of hydrogen-bond acceptors (Lipinski definition) is 3. The summed E-state index contributed by atoms with van der Waals surface area (Å²) in [7, 11) is 0. The summed E-state index contributed by atoms with van der Waals surface area (Å²) in [6, 6.07) is 4.19. The number of nitrogens with zero attached hydrogens (tertiary/aromatic N) is 2. The summed E-state index contributed by atoms with van der Waals surface area (Å²) in [6.45, 7) is 3.98. The van der Waals surface area contributed by atoms with Crippen LogP contribution >= 0.6 is 27.3 Å². The summed E-state index contributed by atoms with van der Waals surface area (Å²) >= 11 is 5.21. The molecule has 0 amide bonds. The molecule has 2 aromatic rings. The second kappa shape index (κ2) is 5.50. The molecule has 16 heavy (non-hydrogen) atoms. The van der Waals surface area contributed by atoms with Gasteiger partial charge < -0.3 is 5.32 Å². The smallest absolute Gasteiger partial charge is 0.0729 e. The van der Waals surface area contributed by atoms with Gasteiger partial charge in [-0.05, 0) is 34.5 Å². The quantitative estimate of drug-likeness (QED) is 0.912. The van der Waals surface area contributed by atoms with E-state index in [1.165, 1.54) is 8.66 Å². The van der Waals surface area contributed by atoms with Crippen LogP contribution < -0.4 is 5.32 Å². The molecule has 0 aliphatic heterocycles. The minimum Gasteiger partial charge on any atom is -0.378 e. The average molecular weight is 300 g/mol. The molecule has 5 heteroatoms. The molecule has 0 aromatic carbocycles. The van der Waals surface area contributed by atoms with Gasteiger partial charge in [-0.3, -0.25) is 4.68 Å². The molecule has 1 N–H and O–H groups in total. The number of nitrogens with one attached hydrogen (secondary N) is 1. The van der Waals surface area contributed by atoms with Crippen molar-refractivity contribution in [3.05, 3.63) is 33.2 Å². The lowest BCUT2D eigenvalue weighted by Crippen LogP contribution is -1.97. The standard InChI is InChI=1S/C11H14BrN3S/c1-2-5-15-8-9(6-14-15)13-7-10-3-4-11(12)16-10/h3-4,6,8,13H,2,5,7H2,1H3. The van der Waals surface area contributed by atoms with Crippen molar-refractivity contribution in [1.82, 2.24) is 9.78 Å². The number of halogens is 1. The summed E-state index contributed by atoms with van der Waals surface area (Å²) in [5.41, 5.74) is 1.08. The van der Waals surface area contributed by atoms with Crippen molar-refractivity contribution in [2.24, 2.45) is 0 Å². The Morgan fingerprint density at radius 1 is 1.50 bits per heavy atom. The molecule has 0 bridgehead atoms. The number of aryl methyl sites for hydroxylation is 1. The van der Waals surface area contributed by atoms with Crippen LogP contribution in [0.5, 0.6) is 0 Å². The van der Waals surface area contributed by atoms with Gasteiger partial charge in [0, 0.05) is 24.2 Å². The Bertz CT molecular complexity index is 450. The lowest BCUT2D eigenvalue weighted by atomic mass is 10.4. The molecular formula is C11H14BrN3S. The molecule has 3 nitrogen and oxygen atoms in total. The zero-order valence-corrected chi connectivity index (χ0v) is 11.5. The number of anilines is 1. The highest BCUT2D eigenvalue weighted by Gasteiger charge is 2.00. The Labute approximate surface area is 108 Å². The normalized spacial score (nSPS) is 10.6. The Kier molecular flexibility index (Phi) is 4.01. The molecule has 0 aliphatic rings. The van der Waals surface area contributed by atoms with E-state index in [4.69, 9.17) is 0 Å². The van der Waals surface area contributed by atoms with Gasteiger partial charge in [0.25, 0.3) is 0 Å². The molecule has 0 fully saturated rings. The molecule has 2 aromatic heterocycles. The van der Waals surface area contributed by atoms with Gasteiger partial charge in [0.2, 0.25) is 0 Å². The summed E-state index contributed by atoms with van der Waals surface area (Å²) in [6.07, 6.45) is 5.03. The molecule has 86 valence electrons. The van der Waals surface area contributed by atoms with E-state index in [0.717, 1.165) is 25.2 Å². The van der Waals surface area contributed by atoms with Crippen LogP contribution in [-0.2, 0) is 13.1 Å². The second-order valence-corrected chi connectivity index (χ2v) is 6.10. The van der Waals surface area contributed by atoms with Crippen LogP contribution in [0.2, 0.25) is 0 Å². The van der Waals surface area contributed by atoms with Gasteiger partial charge in [-0.25, -0.2) is 0 Å². The topological polar surface area (TPSA) is 29.9 Å². The Morgan fingerprint density at radius 2 is 2.38 bits per heavy atom. The van der Waals surface area contributed by atoms with E-state index in [-0.39, 0.29) is 0 Å². The fourth-order valence-corrected chi connectivity index (χ4v) is 2.87. The summed E-state index contributed by atoms with van der Waals surface area (Å²) in [5.74, 6) is 0. The van der Waals surface area contributed by atoms with Crippen molar-refractivity contribution in [3.63, 3.8) is 0 Å². The number of thiophene rings is 1. The Balaban J connectivity index is 1.89. The molecule has 0 saturated heterocycles. The van der Waals surface area contributed by atoms with Gasteiger partial charge in [0.15, 0.2) is 0 Å². The van der Waals surface area contributed by atoms with Crippen LogP contribution in [0.1, 0.15) is 18.2 Å². The maximum absolute atomic E-state index is 4.27. The van der Waals surface area contributed by atoms with E-state index in [0.29, 0.717) is 0 Å². The predicted octanol–water partition coefficient (Wildman–Crippen LogP) is 3.73. The van der Waals surface area contributed by atoms with E-state index >= 15 is 0 Å². The minimum absolute atomic E-state index is 0.855. The maximum Gasteiger partial charge on any atom is 0.0729 e. The van der Waals surface area contributed by atoms with Crippen LogP contribution in [0.3, 0.4) is 0 Å². The fourth-order valence-electron chi connectivity index (χ4n) is 1.44. The average Bonchev–Trinajstić information content (AvgIpc) is 2.85. The zero-order chi connectivity index (χ0) is 11.4. The highest BCUT2D eigenvalue weighted by molar-refractivity contribution is 9.11. The van der Waals surface area contributed by atoms with Gasteiger partial charge in [-0.15, -0.1) is 11.3 Å². The molecule has 0 radical (unpaired) electrons. The first-order valence-corrected chi connectivity index (χ1v) is 6.89. The first-order chi connectivity index (χ1) is 7.78. The predicted molar refractivity (Wildman–Crippen MR) is 71.9 cm³/mol. The van der Waals surface area contributed by atoms with E-state index in [9.17, 15) is 0 Å². The van der Waals surface area contributed by atoms with Crippen molar-refractivity contribution in [1.29, 1.82) is 0 Å². The number of aromatic nitrogens is 2. The second-order valence-electron chi connectivity index (χ2n) is 3.55. The van der Waals surface area contributed by atoms with Crippen LogP contribution in [0, 0.1) is 0 Å². The van der Waals surface area contributed by atoms with Crippen molar-refractivity contribution in [3.8, 4) is 0 Å². The molecule has 2 heterocycles. The third-order valence-electron chi connectivity index (χ3n) is 2.18. The lowest BCUT2D eigenvalue weighted by molar-refractivity contribution is 0.603. The first-order valence-electron chi connectivity index (χ1n) is 5.28. The van der Waals surface area contributed by atoms with Gasteiger partial charge in [0.1, 0.15) is 0 Å². The molecular weight excluding hydrogens is 286 g/mol. The Morgan fingerprint density at radius 3 is 3.06 bits per heavy atom. The number of rotatable bonds is 5. The first kappa shape index (κ1) is 11.7. The summed E-state index contributed by atoms with van der Waals surface area (Å²) in [4.78, 5) is 1.31. The van der Waals surface area contributed by atoms with Crippen LogP contribution in [0.15, 0.2) is 28.3 Å². The minimum atomic E-state index is 0.855. The summed E-state index contributed by atoms with van der Waals surface area (Å²) < 4.78 is 3.14. The van der Waals surface area contributed by atoms with E-state index < -0.39 is 0 Å². The van der Waals surface area contributed by atoms with Gasteiger partial charge in [0.05, 0.1) is 15.7 Å². The lowest BCUT2D eigenvalue weighted by Gasteiger charge is -2.00. The molecule has 0 spiro atoms. The zero-order valence-electron chi connectivity index (χ0n) is 9.11. The van der Waals surface area contributed by atoms with Gasteiger partial charge >= 0.3 is 0 Å². The van der Waals surface area contributed by atoms with Crippen molar-refractivity contribution >= 4 is 33.0 Å². The van der Waals surface area contributed by atoms with Crippen molar-refractivity contribution < 1.29 is 0 Å². The molecule has 0 unspecified atom stereocenters. The molecule has 2 rings (SSSR count). The van der Waals surface area contributed by atoms with Crippen molar-refractivity contribution in [2.45, 2.75) is 26.4 Å². The Hall–Kier alpha value is -0.810. The summed E-state index contributed by atoms with van der Waals surface area (Å²) in [5, 5.41) is 7.63. The largest absolute Gasteiger partial charge is 0.378 e. The molecule has 0 atom stereocenters. The van der Waals surface area contributed by atoms with Crippen molar-refractivity contribution in [2.75, 3.05) is 5.32 Å². The highest BCUT2D eigenvalue weighted by atomic mass is 79.9. The third-order valence-corrected chi connectivity index (χ3v) is 3.81. The monoisotopic (exact) mass is 299 g/mol. The number of hydrogen-bond donors (Lipinski definition) is 1. The fraction of sp³-hybridized carbons (Fsp3) is 0.364. The molecule has 0 aliphatic carbocycles. The third kappa shape index (κ3) is 3.09. The van der Waals surface area contributed by atoms with Gasteiger partial charge in [-0.2, -0.15) is 5.10 Å². The molecule has 0 saturated carbocycles.